The molecule has 0 bridgehead atoms. The van der Waals surface area contributed by atoms with Gasteiger partial charge in [0, 0.05) is 25.7 Å². The molecule has 0 radical (unpaired) electrons. The zero-order valence-electron chi connectivity index (χ0n) is 64.3. The van der Waals surface area contributed by atoms with Gasteiger partial charge in [-0.1, -0.05) is 357 Å². The van der Waals surface area contributed by atoms with E-state index in [0.717, 1.165) is 108 Å². The second-order valence-corrected chi connectivity index (χ2v) is 32.3. The van der Waals surface area contributed by atoms with Gasteiger partial charge in [-0.3, -0.25) is 37.3 Å². The van der Waals surface area contributed by atoms with Gasteiger partial charge in [0.25, 0.3) is 0 Å². The predicted molar refractivity (Wildman–Crippen MR) is 400 cm³/mol. The van der Waals surface area contributed by atoms with Crippen LogP contribution in [-0.2, 0) is 65.4 Å². The van der Waals surface area contributed by atoms with Crippen LogP contribution in [0.4, 0.5) is 0 Å². The molecule has 7 atom stereocenters. The number of carbonyl (C=O) groups excluding carboxylic acids is 4. The standard InChI is InChI=1S/C79H154O17P2/c1-8-11-12-13-14-15-16-17-18-19-20-21-22-25-32-41-48-55-62-78(83)95-74(66-89-76(81)60-53-46-39-31-26-23-24-29-36-43-50-57-70(4)5)68-93-97(85,86)91-64-73(80)65-92-98(87,88)94-69-75(67-90-77(82)61-54-47-40-35-34-38-45-52-59-72(7)10-3)96-79(84)63-56-49-42-33-28-27-30-37-44-51-58-71(6)9-2/h70-75,80H,8-69H2,1-7H3,(H,85,86)(H,87,88)/t71?,72?,73-,74-,75-/m1/s1. The van der Waals surface area contributed by atoms with E-state index < -0.39 is 97.5 Å². The molecule has 0 spiro atoms. The number of phosphoric acid groups is 2. The first kappa shape index (κ1) is 96.1. The summed E-state index contributed by atoms with van der Waals surface area (Å²) in [6, 6.07) is 0. The minimum Gasteiger partial charge on any atom is -0.462 e. The fourth-order valence-electron chi connectivity index (χ4n) is 12.1. The van der Waals surface area contributed by atoms with Crippen molar-refractivity contribution in [3.05, 3.63) is 0 Å². The molecule has 0 saturated heterocycles. The first-order valence-electron chi connectivity index (χ1n) is 40.9. The molecule has 0 rings (SSSR count). The number of phosphoric ester groups is 2. The molecule has 0 aromatic heterocycles. The molecule has 0 amide bonds. The number of hydrogen-bond donors (Lipinski definition) is 3. The Labute approximate surface area is 600 Å². The Morgan fingerprint density at radius 3 is 0.776 bits per heavy atom. The van der Waals surface area contributed by atoms with Gasteiger partial charge >= 0.3 is 39.5 Å². The SMILES string of the molecule is CCCCCCCCCCCCCCCCCCCCC(=O)O[C@H](COC(=O)CCCCCCCCCCCCCC(C)C)COP(=O)(O)OC[C@@H](O)COP(=O)(O)OC[C@@H](COC(=O)CCCCCCCCCCC(C)CC)OC(=O)CCCCCCCCCCCCC(C)CC. The normalized spacial score (nSPS) is 14.6. The minimum absolute atomic E-state index is 0.106. The topological polar surface area (TPSA) is 237 Å². The molecule has 0 aliphatic carbocycles. The lowest BCUT2D eigenvalue weighted by atomic mass is 9.99. The van der Waals surface area contributed by atoms with Gasteiger partial charge in [0.05, 0.1) is 26.4 Å². The number of aliphatic hydroxyl groups excluding tert-OH is 1. The van der Waals surface area contributed by atoms with Gasteiger partial charge in [-0.2, -0.15) is 0 Å². The zero-order valence-corrected chi connectivity index (χ0v) is 66.0. The van der Waals surface area contributed by atoms with E-state index in [4.69, 9.17) is 37.0 Å². The fraction of sp³-hybridized carbons (Fsp3) is 0.949. The second kappa shape index (κ2) is 69.4. The smallest absolute Gasteiger partial charge is 0.462 e. The van der Waals surface area contributed by atoms with Crippen LogP contribution in [0.5, 0.6) is 0 Å². The Morgan fingerprint density at radius 1 is 0.296 bits per heavy atom. The molecule has 17 nitrogen and oxygen atoms in total. The maximum atomic E-state index is 13.1. The lowest BCUT2D eigenvalue weighted by Crippen LogP contribution is -2.30. The van der Waals surface area contributed by atoms with Crippen LogP contribution < -0.4 is 0 Å². The van der Waals surface area contributed by atoms with Crippen LogP contribution in [-0.4, -0.2) is 96.7 Å². The highest BCUT2D eigenvalue weighted by molar-refractivity contribution is 7.47. The second-order valence-electron chi connectivity index (χ2n) is 29.4. The molecule has 19 heteroatoms. The van der Waals surface area contributed by atoms with Crippen molar-refractivity contribution in [2.75, 3.05) is 39.6 Å². The van der Waals surface area contributed by atoms with E-state index in [0.29, 0.717) is 25.7 Å². The largest absolute Gasteiger partial charge is 0.472 e. The maximum Gasteiger partial charge on any atom is 0.472 e. The van der Waals surface area contributed by atoms with Crippen molar-refractivity contribution >= 4 is 39.5 Å². The van der Waals surface area contributed by atoms with E-state index in [9.17, 15) is 43.2 Å². The molecule has 582 valence electrons. The summed E-state index contributed by atoms with van der Waals surface area (Å²) in [4.78, 5) is 73.0. The molecule has 0 fully saturated rings. The molecule has 0 aliphatic heterocycles. The van der Waals surface area contributed by atoms with Crippen molar-refractivity contribution in [3.63, 3.8) is 0 Å². The molecule has 3 N–H and O–H groups in total. The van der Waals surface area contributed by atoms with Gasteiger partial charge in [-0.25, -0.2) is 9.13 Å². The van der Waals surface area contributed by atoms with Crippen LogP contribution in [0.2, 0.25) is 0 Å². The first-order valence-corrected chi connectivity index (χ1v) is 43.9. The number of ether oxygens (including phenoxy) is 4. The molecule has 0 aliphatic rings. The monoisotopic (exact) mass is 1440 g/mol. The molecular weight excluding hydrogens is 1280 g/mol. The van der Waals surface area contributed by atoms with Crippen molar-refractivity contribution in [2.45, 2.75) is 426 Å². The molecule has 0 heterocycles. The number of carbonyl (C=O) groups is 4. The summed E-state index contributed by atoms with van der Waals surface area (Å²) < 4.78 is 68.7. The quantitative estimate of drug-likeness (QED) is 0.0222. The van der Waals surface area contributed by atoms with Crippen LogP contribution in [0.25, 0.3) is 0 Å². The third-order valence-corrected chi connectivity index (χ3v) is 21.0. The van der Waals surface area contributed by atoms with Gasteiger partial charge in [0.15, 0.2) is 12.2 Å². The summed E-state index contributed by atoms with van der Waals surface area (Å²) in [6.07, 6.45) is 56.7. The van der Waals surface area contributed by atoms with E-state index in [1.807, 2.05) is 0 Å². The minimum atomic E-state index is -4.96. The zero-order chi connectivity index (χ0) is 72.3. The predicted octanol–water partition coefficient (Wildman–Crippen LogP) is 23.4. The van der Waals surface area contributed by atoms with Gasteiger partial charge in [0.2, 0.25) is 0 Å². The van der Waals surface area contributed by atoms with E-state index in [-0.39, 0.29) is 25.7 Å². The van der Waals surface area contributed by atoms with Crippen LogP contribution in [0.15, 0.2) is 0 Å². The highest BCUT2D eigenvalue weighted by Crippen LogP contribution is 2.45. The number of hydrogen-bond acceptors (Lipinski definition) is 15. The van der Waals surface area contributed by atoms with Gasteiger partial charge in [-0.05, 0) is 43.4 Å². The van der Waals surface area contributed by atoms with E-state index in [1.54, 1.807) is 0 Å². The molecular formula is C79H154O17P2. The molecule has 98 heavy (non-hydrogen) atoms. The Morgan fingerprint density at radius 2 is 0.520 bits per heavy atom. The van der Waals surface area contributed by atoms with Crippen molar-refractivity contribution in [2.24, 2.45) is 17.8 Å². The van der Waals surface area contributed by atoms with Crippen molar-refractivity contribution in [1.82, 2.24) is 0 Å². The fourth-order valence-corrected chi connectivity index (χ4v) is 13.6. The van der Waals surface area contributed by atoms with Crippen molar-refractivity contribution in [1.29, 1.82) is 0 Å². The Balaban J connectivity index is 5.27. The summed E-state index contributed by atoms with van der Waals surface area (Å²) in [5.41, 5.74) is 0. The summed E-state index contributed by atoms with van der Waals surface area (Å²) in [6.45, 7) is 12.0. The Hall–Kier alpha value is -1.94. The third kappa shape index (κ3) is 69.8. The van der Waals surface area contributed by atoms with Crippen molar-refractivity contribution < 1.29 is 80.2 Å². The van der Waals surface area contributed by atoms with E-state index in [2.05, 4.69) is 48.5 Å². The van der Waals surface area contributed by atoms with Gasteiger partial charge in [0.1, 0.15) is 19.3 Å². The third-order valence-electron chi connectivity index (χ3n) is 19.1. The molecule has 0 aromatic carbocycles. The number of esters is 4. The van der Waals surface area contributed by atoms with E-state index in [1.165, 1.54) is 218 Å². The molecule has 4 unspecified atom stereocenters. The van der Waals surface area contributed by atoms with Crippen LogP contribution >= 0.6 is 15.6 Å². The summed E-state index contributed by atoms with van der Waals surface area (Å²) in [5.74, 6) is 0.238. The summed E-state index contributed by atoms with van der Waals surface area (Å²) in [7, 11) is -9.92. The Bertz CT molecular complexity index is 1910. The molecule has 0 saturated carbocycles. The number of unbranched alkanes of at least 4 members (excludes halogenated alkanes) is 43. The van der Waals surface area contributed by atoms with Crippen LogP contribution in [0, 0.1) is 17.8 Å². The first-order chi connectivity index (χ1) is 47.3. The summed E-state index contributed by atoms with van der Waals surface area (Å²) in [5, 5.41) is 10.6. The lowest BCUT2D eigenvalue weighted by molar-refractivity contribution is -0.161. The Kier molecular flexibility index (Phi) is 68.1. The average Bonchev–Trinajstić information content (AvgIpc) is 0.983. The maximum absolute atomic E-state index is 13.1. The molecule has 0 aromatic rings. The highest BCUT2D eigenvalue weighted by Gasteiger charge is 2.30. The van der Waals surface area contributed by atoms with Crippen molar-refractivity contribution in [3.8, 4) is 0 Å². The number of aliphatic hydroxyl groups is 1. The highest BCUT2D eigenvalue weighted by atomic mass is 31.2. The van der Waals surface area contributed by atoms with Crippen LogP contribution in [0.1, 0.15) is 408 Å². The summed E-state index contributed by atoms with van der Waals surface area (Å²) >= 11 is 0. The number of rotatable bonds is 77. The van der Waals surface area contributed by atoms with Crippen LogP contribution in [0.3, 0.4) is 0 Å². The van der Waals surface area contributed by atoms with Gasteiger partial charge < -0.3 is 33.8 Å². The lowest BCUT2D eigenvalue weighted by Gasteiger charge is -2.21. The van der Waals surface area contributed by atoms with Gasteiger partial charge in [-0.15, -0.1) is 0 Å². The van der Waals surface area contributed by atoms with E-state index >= 15 is 0 Å². The average molecular weight is 1440 g/mol.